The van der Waals surface area contributed by atoms with Crippen molar-refractivity contribution in [3.63, 3.8) is 0 Å². The number of benzene rings is 4. The molecule has 31 heavy (non-hydrogen) atoms. The first-order valence-corrected chi connectivity index (χ1v) is 10.9. The number of nitrogens with zero attached hydrogens (tertiary/aromatic N) is 1. The van der Waals surface area contributed by atoms with E-state index in [-0.39, 0.29) is 12.5 Å². The molecular formula is C25H17ClN2O2S. The highest BCUT2D eigenvalue weighted by atomic mass is 35.5. The van der Waals surface area contributed by atoms with E-state index in [1.807, 2.05) is 78.9 Å². The van der Waals surface area contributed by atoms with Crippen LogP contribution >= 0.6 is 22.9 Å². The Morgan fingerprint density at radius 3 is 2.65 bits per heavy atom. The van der Waals surface area contributed by atoms with Crippen molar-refractivity contribution in [1.82, 2.24) is 4.98 Å². The van der Waals surface area contributed by atoms with Crippen molar-refractivity contribution in [3.8, 4) is 16.3 Å². The van der Waals surface area contributed by atoms with Crippen molar-refractivity contribution < 1.29 is 9.53 Å². The average molecular weight is 445 g/mol. The van der Waals surface area contributed by atoms with Crippen LogP contribution in [0.4, 0.5) is 5.69 Å². The standard InChI is InChI=1S/C25H17ClN2O2S/c26-20-14-17(12-13-19(20)25-28-21-9-3-4-11-23(21)31-25)27-24(29)15-30-22-10-5-7-16-6-1-2-8-18(16)22/h1-14H,15H2,(H,27,29). The van der Waals surface area contributed by atoms with E-state index < -0.39 is 0 Å². The van der Waals surface area contributed by atoms with E-state index in [0.29, 0.717) is 16.5 Å². The number of hydrogen-bond acceptors (Lipinski definition) is 4. The van der Waals surface area contributed by atoms with Crippen LogP contribution in [0.5, 0.6) is 5.75 Å². The lowest BCUT2D eigenvalue weighted by atomic mass is 10.1. The normalized spacial score (nSPS) is 11.0. The minimum absolute atomic E-state index is 0.0920. The van der Waals surface area contributed by atoms with Crippen LogP contribution in [-0.2, 0) is 4.79 Å². The van der Waals surface area contributed by atoms with Gasteiger partial charge in [0.1, 0.15) is 10.8 Å². The second kappa shape index (κ2) is 8.38. The van der Waals surface area contributed by atoms with E-state index in [1.54, 1.807) is 17.4 Å². The van der Waals surface area contributed by atoms with Crippen LogP contribution in [0.3, 0.4) is 0 Å². The third-order valence-corrected chi connectivity index (χ3v) is 6.27. The molecule has 0 saturated heterocycles. The van der Waals surface area contributed by atoms with Gasteiger partial charge in [0.25, 0.3) is 5.91 Å². The van der Waals surface area contributed by atoms with Crippen LogP contribution in [0, 0.1) is 0 Å². The van der Waals surface area contributed by atoms with E-state index in [2.05, 4.69) is 10.3 Å². The quantitative estimate of drug-likeness (QED) is 0.324. The molecule has 5 aromatic rings. The zero-order chi connectivity index (χ0) is 21.2. The van der Waals surface area contributed by atoms with Crippen molar-refractivity contribution in [1.29, 1.82) is 0 Å². The van der Waals surface area contributed by atoms with Crippen LogP contribution in [0.1, 0.15) is 0 Å². The van der Waals surface area contributed by atoms with E-state index in [0.717, 1.165) is 31.6 Å². The average Bonchev–Trinajstić information content (AvgIpc) is 3.21. The fourth-order valence-electron chi connectivity index (χ4n) is 3.42. The number of anilines is 1. The fraction of sp³-hybridized carbons (Fsp3) is 0.0400. The van der Waals surface area contributed by atoms with Crippen molar-refractivity contribution in [3.05, 3.63) is 90.0 Å². The molecule has 1 amide bonds. The van der Waals surface area contributed by atoms with Gasteiger partial charge >= 0.3 is 0 Å². The number of nitrogens with one attached hydrogen (secondary N) is 1. The summed E-state index contributed by atoms with van der Waals surface area (Å²) in [5.74, 6) is 0.425. The summed E-state index contributed by atoms with van der Waals surface area (Å²) in [4.78, 5) is 17.1. The van der Waals surface area contributed by atoms with Gasteiger partial charge in [0, 0.05) is 16.6 Å². The van der Waals surface area contributed by atoms with Crippen LogP contribution in [-0.4, -0.2) is 17.5 Å². The number of halogens is 1. The Labute approximate surface area is 188 Å². The molecule has 0 atom stereocenters. The Morgan fingerprint density at radius 2 is 1.77 bits per heavy atom. The number of fused-ring (bicyclic) bond motifs is 2. The van der Waals surface area contributed by atoms with Gasteiger partial charge in [0.2, 0.25) is 0 Å². The van der Waals surface area contributed by atoms with E-state index in [4.69, 9.17) is 16.3 Å². The lowest BCUT2D eigenvalue weighted by Gasteiger charge is -2.10. The summed E-state index contributed by atoms with van der Waals surface area (Å²) in [6, 6.07) is 27.1. The van der Waals surface area contributed by atoms with Crippen LogP contribution in [0.15, 0.2) is 84.9 Å². The molecule has 0 radical (unpaired) electrons. The highest BCUT2D eigenvalue weighted by Gasteiger charge is 2.12. The third-order valence-electron chi connectivity index (χ3n) is 4.89. The molecule has 5 rings (SSSR count). The number of para-hydroxylation sites is 1. The number of ether oxygens (including phenoxy) is 1. The molecule has 0 aliphatic heterocycles. The minimum Gasteiger partial charge on any atom is -0.483 e. The first-order chi connectivity index (χ1) is 15.2. The van der Waals surface area contributed by atoms with Gasteiger partial charge in [-0.1, -0.05) is 60.1 Å². The first-order valence-electron chi connectivity index (χ1n) is 9.73. The van der Waals surface area contributed by atoms with Gasteiger partial charge in [-0.3, -0.25) is 4.79 Å². The summed E-state index contributed by atoms with van der Waals surface area (Å²) in [7, 11) is 0. The molecule has 152 valence electrons. The number of thiazole rings is 1. The molecule has 0 fully saturated rings. The molecule has 1 heterocycles. The molecule has 0 bridgehead atoms. The maximum Gasteiger partial charge on any atom is 0.262 e. The van der Waals surface area contributed by atoms with Gasteiger partial charge in [0.15, 0.2) is 6.61 Å². The van der Waals surface area contributed by atoms with Crippen molar-refractivity contribution in [2.24, 2.45) is 0 Å². The monoisotopic (exact) mass is 444 g/mol. The first kappa shape index (κ1) is 19.5. The zero-order valence-electron chi connectivity index (χ0n) is 16.3. The van der Waals surface area contributed by atoms with Gasteiger partial charge in [-0.15, -0.1) is 11.3 Å². The molecule has 1 aromatic heterocycles. The summed E-state index contributed by atoms with van der Waals surface area (Å²) >= 11 is 8.09. The lowest BCUT2D eigenvalue weighted by molar-refractivity contribution is -0.118. The summed E-state index contributed by atoms with van der Waals surface area (Å²) in [6.07, 6.45) is 0. The SMILES string of the molecule is O=C(COc1cccc2ccccc12)Nc1ccc(-c2nc3ccccc3s2)c(Cl)c1. The Kier molecular flexibility index (Phi) is 5.28. The fourth-order valence-corrected chi connectivity index (χ4v) is 4.75. The van der Waals surface area contributed by atoms with E-state index in [1.165, 1.54) is 0 Å². The van der Waals surface area contributed by atoms with E-state index in [9.17, 15) is 4.79 Å². The third kappa shape index (κ3) is 4.10. The van der Waals surface area contributed by atoms with Gasteiger partial charge in [-0.25, -0.2) is 4.98 Å². The van der Waals surface area contributed by atoms with Gasteiger partial charge < -0.3 is 10.1 Å². The van der Waals surface area contributed by atoms with Gasteiger partial charge in [0.05, 0.1) is 15.2 Å². The van der Waals surface area contributed by atoms with Gasteiger partial charge in [-0.05, 0) is 41.8 Å². The summed E-state index contributed by atoms with van der Waals surface area (Å²) < 4.78 is 6.86. The Balaban J connectivity index is 1.28. The predicted molar refractivity (Wildman–Crippen MR) is 128 cm³/mol. The van der Waals surface area contributed by atoms with Crippen molar-refractivity contribution in [2.45, 2.75) is 0 Å². The lowest BCUT2D eigenvalue weighted by Crippen LogP contribution is -2.20. The highest BCUT2D eigenvalue weighted by Crippen LogP contribution is 2.35. The molecule has 4 nitrogen and oxygen atoms in total. The van der Waals surface area contributed by atoms with Crippen molar-refractivity contribution in [2.75, 3.05) is 11.9 Å². The zero-order valence-corrected chi connectivity index (χ0v) is 17.9. The molecule has 1 N–H and O–H groups in total. The predicted octanol–water partition coefficient (Wildman–Crippen LogP) is 6.79. The molecule has 4 aromatic carbocycles. The summed E-state index contributed by atoms with van der Waals surface area (Å²) in [6.45, 7) is -0.0920. The van der Waals surface area contributed by atoms with E-state index >= 15 is 0 Å². The number of carbonyl (C=O) groups excluding carboxylic acids is 1. The summed E-state index contributed by atoms with van der Waals surface area (Å²) in [5, 5.41) is 6.27. The Morgan fingerprint density at radius 1 is 0.968 bits per heavy atom. The van der Waals surface area contributed by atoms with Crippen LogP contribution < -0.4 is 10.1 Å². The molecule has 0 aliphatic carbocycles. The number of carbonyl (C=O) groups is 1. The molecule has 0 saturated carbocycles. The highest BCUT2D eigenvalue weighted by molar-refractivity contribution is 7.21. The number of rotatable bonds is 5. The smallest absolute Gasteiger partial charge is 0.262 e. The molecule has 6 heteroatoms. The Hall–Kier alpha value is -3.41. The molecule has 0 unspecified atom stereocenters. The molecule has 0 spiro atoms. The topological polar surface area (TPSA) is 51.2 Å². The molecule has 0 aliphatic rings. The van der Waals surface area contributed by atoms with Crippen LogP contribution in [0.25, 0.3) is 31.6 Å². The maximum absolute atomic E-state index is 12.4. The van der Waals surface area contributed by atoms with Crippen molar-refractivity contribution >= 4 is 55.5 Å². The number of amides is 1. The number of aromatic nitrogens is 1. The second-order valence-electron chi connectivity index (χ2n) is 7.00. The van der Waals surface area contributed by atoms with Crippen LogP contribution in [0.2, 0.25) is 5.02 Å². The molecular weight excluding hydrogens is 428 g/mol. The largest absolute Gasteiger partial charge is 0.483 e. The Bertz CT molecular complexity index is 1380. The van der Waals surface area contributed by atoms with Gasteiger partial charge in [-0.2, -0.15) is 0 Å². The maximum atomic E-state index is 12.4. The number of hydrogen-bond donors (Lipinski definition) is 1. The second-order valence-corrected chi connectivity index (χ2v) is 8.43. The summed E-state index contributed by atoms with van der Waals surface area (Å²) in [5.41, 5.74) is 2.40. The minimum atomic E-state index is -0.253.